The molecule has 0 spiro atoms. The minimum atomic E-state index is -0.252. The van der Waals surface area contributed by atoms with Crippen LogP contribution in [0.4, 0.5) is 0 Å². The van der Waals surface area contributed by atoms with Crippen LogP contribution in [-0.4, -0.2) is 20.1 Å². The van der Waals surface area contributed by atoms with Gasteiger partial charge < -0.3 is 19.2 Å². The van der Waals surface area contributed by atoms with E-state index in [0.29, 0.717) is 22.8 Å². The summed E-state index contributed by atoms with van der Waals surface area (Å²) in [5.41, 5.74) is 2.67. The molecule has 1 aromatic heterocycles. The quantitative estimate of drug-likeness (QED) is 0.755. The predicted molar refractivity (Wildman–Crippen MR) is 96.4 cm³/mol. The molecule has 1 N–H and O–H groups in total. The van der Waals surface area contributed by atoms with Gasteiger partial charge in [0.1, 0.15) is 5.58 Å². The van der Waals surface area contributed by atoms with Crippen molar-refractivity contribution in [2.45, 2.75) is 19.9 Å². The van der Waals surface area contributed by atoms with Gasteiger partial charge in [-0.15, -0.1) is 0 Å². The van der Waals surface area contributed by atoms with Gasteiger partial charge in [0.15, 0.2) is 17.3 Å². The van der Waals surface area contributed by atoms with Crippen molar-refractivity contribution in [1.29, 1.82) is 0 Å². The minimum absolute atomic E-state index is 0.208. The van der Waals surface area contributed by atoms with E-state index in [-0.39, 0.29) is 11.9 Å². The van der Waals surface area contributed by atoms with Crippen molar-refractivity contribution in [1.82, 2.24) is 5.32 Å². The number of nitrogens with one attached hydrogen (secondary N) is 1. The first-order valence-electron chi connectivity index (χ1n) is 8.05. The van der Waals surface area contributed by atoms with E-state index < -0.39 is 0 Å². The fraction of sp³-hybridized carbons (Fsp3) is 0.250. The third-order valence-electron chi connectivity index (χ3n) is 4.24. The minimum Gasteiger partial charge on any atom is -0.493 e. The lowest BCUT2D eigenvalue weighted by atomic mass is 10.0. The molecule has 1 amide bonds. The lowest BCUT2D eigenvalue weighted by Gasteiger charge is -2.18. The van der Waals surface area contributed by atoms with E-state index in [0.717, 1.165) is 16.5 Å². The second kappa shape index (κ2) is 6.89. The number of fused-ring (bicyclic) bond motifs is 1. The van der Waals surface area contributed by atoms with Gasteiger partial charge in [0.25, 0.3) is 5.91 Å². The molecule has 0 aliphatic carbocycles. The third-order valence-corrected chi connectivity index (χ3v) is 4.24. The number of ether oxygens (including phenoxy) is 2. The van der Waals surface area contributed by atoms with Crippen LogP contribution in [0.3, 0.4) is 0 Å². The molecule has 3 rings (SSSR count). The first-order chi connectivity index (χ1) is 12.0. The fourth-order valence-corrected chi connectivity index (χ4v) is 2.90. The monoisotopic (exact) mass is 339 g/mol. The molecule has 0 radical (unpaired) electrons. The number of aryl methyl sites for hydroxylation is 1. The number of furan rings is 1. The standard InChI is InChI=1S/C20H21NO4/c1-12-9-17(23-3)18(24-4)11-15(12)13(2)21-20(22)19-10-14-7-5-6-8-16(14)25-19/h5-11,13H,1-4H3,(H,21,22). The van der Waals surface area contributed by atoms with Gasteiger partial charge in [0, 0.05) is 5.39 Å². The van der Waals surface area contributed by atoms with Crippen LogP contribution in [0.2, 0.25) is 0 Å². The van der Waals surface area contributed by atoms with E-state index in [4.69, 9.17) is 13.9 Å². The Morgan fingerprint density at radius 1 is 1.08 bits per heavy atom. The highest BCUT2D eigenvalue weighted by Gasteiger charge is 2.18. The van der Waals surface area contributed by atoms with Crippen molar-refractivity contribution in [3.63, 3.8) is 0 Å². The average Bonchev–Trinajstić information content (AvgIpc) is 3.05. The van der Waals surface area contributed by atoms with Gasteiger partial charge in [-0.25, -0.2) is 0 Å². The fourth-order valence-electron chi connectivity index (χ4n) is 2.90. The van der Waals surface area contributed by atoms with Crippen molar-refractivity contribution in [3.8, 4) is 11.5 Å². The summed E-state index contributed by atoms with van der Waals surface area (Å²) in [5, 5.41) is 3.88. The molecule has 0 aliphatic rings. The number of benzene rings is 2. The number of hydrogen-bond acceptors (Lipinski definition) is 4. The lowest BCUT2D eigenvalue weighted by Crippen LogP contribution is -2.26. The maximum atomic E-state index is 12.5. The van der Waals surface area contributed by atoms with Crippen LogP contribution >= 0.6 is 0 Å². The summed E-state index contributed by atoms with van der Waals surface area (Å²) in [7, 11) is 3.19. The van der Waals surface area contributed by atoms with Crippen LogP contribution in [0.15, 0.2) is 46.9 Å². The summed E-state index contributed by atoms with van der Waals surface area (Å²) in [6.07, 6.45) is 0. The summed E-state index contributed by atoms with van der Waals surface area (Å²) in [6.45, 7) is 3.90. The van der Waals surface area contributed by atoms with Crippen molar-refractivity contribution < 1.29 is 18.7 Å². The van der Waals surface area contributed by atoms with Gasteiger partial charge in [-0.2, -0.15) is 0 Å². The first-order valence-corrected chi connectivity index (χ1v) is 8.05. The Morgan fingerprint density at radius 3 is 2.44 bits per heavy atom. The van der Waals surface area contributed by atoms with E-state index in [9.17, 15) is 4.79 Å². The summed E-state index contributed by atoms with van der Waals surface area (Å²) in [6, 6.07) is 12.9. The van der Waals surface area contributed by atoms with Gasteiger partial charge in [-0.3, -0.25) is 4.79 Å². The molecule has 1 unspecified atom stereocenters. The lowest BCUT2D eigenvalue weighted by molar-refractivity contribution is 0.0914. The van der Waals surface area contributed by atoms with Crippen LogP contribution < -0.4 is 14.8 Å². The number of hydrogen-bond donors (Lipinski definition) is 1. The molecule has 3 aromatic rings. The number of para-hydroxylation sites is 1. The van der Waals surface area contributed by atoms with E-state index in [1.54, 1.807) is 20.3 Å². The zero-order chi connectivity index (χ0) is 18.0. The average molecular weight is 339 g/mol. The van der Waals surface area contributed by atoms with Crippen LogP contribution in [-0.2, 0) is 0 Å². The Labute approximate surface area is 146 Å². The zero-order valence-corrected chi connectivity index (χ0v) is 14.8. The SMILES string of the molecule is COc1cc(C)c(C(C)NC(=O)c2cc3ccccc3o2)cc1OC. The second-order valence-corrected chi connectivity index (χ2v) is 5.91. The molecule has 0 saturated heterocycles. The summed E-state index contributed by atoms with van der Waals surface area (Å²) < 4.78 is 16.3. The topological polar surface area (TPSA) is 60.7 Å². The van der Waals surface area contributed by atoms with Crippen molar-refractivity contribution in [2.24, 2.45) is 0 Å². The van der Waals surface area contributed by atoms with Crippen molar-refractivity contribution >= 4 is 16.9 Å². The Balaban J connectivity index is 1.83. The highest BCUT2D eigenvalue weighted by Crippen LogP contribution is 2.33. The van der Waals surface area contributed by atoms with Crippen LogP contribution in [0.5, 0.6) is 11.5 Å². The number of carbonyl (C=O) groups excluding carboxylic acids is 1. The van der Waals surface area contributed by atoms with E-state index in [1.807, 2.05) is 50.2 Å². The highest BCUT2D eigenvalue weighted by atomic mass is 16.5. The van der Waals surface area contributed by atoms with Crippen LogP contribution in [0.25, 0.3) is 11.0 Å². The maximum Gasteiger partial charge on any atom is 0.287 e. The van der Waals surface area contributed by atoms with E-state index >= 15 is 0 Å². The summed E-state index contributed by atoms with van der Waals surface area (Å²) >= 11 is 0. The summed E-state index contributed by atoms with van der Waals surface area (Å²) in [4.78, 5) is 12.5. The highest BCUT2D eigenvalue weighted by molar-refractivity contribution is 5.96. The van der Waals surface area contributed by atoms with Gasteiger partial charge >= 0.3 is 0 Å². The van der Waals surface area contributed by atoms with Crippen LogP contribution in [0, 0.1) is 6.92 Å². The van der Waals surface area contributed by atoms with Gasteiger partial charge in [0.2, 0.25) is 0 Å². The van der Waals surface area contributed by atoms with E-state index in [1.165, 1.54) is 0 Å². The molecule has 1 heterocycles. The Morgan fingerprint density at radius 2 is 1.76 bits per heavy atom. The molecule has 0 fully saturated rings. The molecular formula is C20H21NO4. The zero-order valence-electron chi connectivity index (χ0n) is 14.8. The Hall–Kier alpha value is -2.95. The number of methoxy groups -OCH3 is 2. The van der Waals surface area contributed by atoms with Gasteiger partial charge in [-0.1, -0.05) is 18.2 Å². The molecule has 0 saturated carbocycles. The maximum absolute atomic E-state index is 12.5. The van der Waals surface area contributed by atoms with Crippen LogP contribution in [0.1, 0.15) is 34.6 Å². The molecule has 5 heteroatoms. The number of amides is 1. The molecule has 130 valence electrons. The first kappa shape index (κ1) is 16.9. The second-order valence-electron chi connectivity index (χ2n) is 5.91. The number of carbonyl (C=O) groups is 1. The Kier molecular flexibility index (Phi) is 4.65. The summed E-state index contributed by atoms with van der Waals surface area (Å²) in [5.74, 6) is 1.34. The predicted octanol–water partition coefficient (Wildman–Crippen LogP) is 4.25. The molecule has 1 atom stereocenters. The molecule has 0 aliphatic heterocycles. The van der Waals surface area contributed by atoms with Crippen molar-refractivity contribution in [2.75, 3.05) is 14.2 Å². The molecule has 2 aromatic carbocycles. The van der Waals surface area contributed by atoms with Gasteiger partial charge in [0.05, 0.1) is 20.3 Å². The molecule has 25 heavy (non-hydrogen) atoms. The molecular weight excluding hydrogens is 318 g/mol. The van der Waals surface area contributed by atoms with Gasteiger partial charge in [-0.05, 0) is 49.2 Å². The Bertz CT molecular complexity index is 880. The number of rotatable bonds is 5. The normalized spacial score (nSPS) is 12.0. The molecule has 5 nitrogen and oxygen atoms in total. The largest absolute Gasteiger partial charge is 0.493 e. The third kappa shape index (κ3) is 3.31. The van der Waals surface area contributed by atoms with Crippen molar-refractivity contribution in [3.05, 3.63) is 59.4 Å². The van der Waals surface area contributed by atoms with E-state index in [2.05, 4.69) is 5.32 Å². The smallest absolute Gasteiger partial charge is 0.287 e. The molecule has 0 bridgehead atoms.